The van der Waals surface area contributed by atoms with E-state index < -0.39 is 0 Å². The van der Waals surface area contributed by atoms with Crippen molar-refractivity contribution >= 4 is 34.8 Å². The molecule has 0 bridgehead atoms. The molecule has 0 aliphatic carbocycles. The van der Waals surface area contributed by atoms with E-state index >= 15 is 0 Å². The molecule has 106 valence electrons. The van der Waals surface area contributed by atoms with E-state index in [1.54, 1.807) is 0 Å². The fraction of sp³-hybridized carbons (Fsp3) is 0.250. The molecular weight excluding hydrogens is 313 g/mol. The van der Waals surface area contributed by atoms with Gasteiger partial charge in [-0.15, -0.1) is 0 Å². The molecule has 1 nitrogen and oxygen atoms in total. The van der Waals surface area contributed by atoms with E-state index in [2.05, 4.69) is 11.4 Å². The lowest BCUT2D eigenvalue weighted by Crippen LogP contribution is -2.19. The number of rotatable bonds is 5. The van der Waals surface area contributed by atoms with Gasteiger partial charge in [0.25, 0.3) is 0 Å². The van der Waals surface area contributed by atoms with Crippen LogP contribution < -0.4 is 5.32 Å². The highest BCUT2D eigenvalue weighted by molar-refractivity contribution is 6.42. The minimum atomic E-state index is 0.343. The molecule has 0 fully saturated rings. The molecule has 0 saturated heterocycles. The first-order chi connectivity index (χ1) is 9.60. The number of halogens is 3. The molecule has 0 radical (unpaired) electrons. The lowest BCUT2D eigenvalue weighted by atomic mass is 9.92. The molecule has 2 rings (SSSR count). The quantitative estimate of drug-likeness (QED) is 0.796. The first kappa shape index (κ1) is 15.7. The maximum Gasteiger partial charge on any atom is 0.0595 e. The van der Waals surface area contributed by atoms with Gasteiger partial charge in [-0.3, -0.25) is 0 Å². The van der Waals surface area contributed by atoms with Crippen LogP contribution in [0.5, 0.6) is 0 Å². The van der Waals surface area contributed by atoms with Gasteiger partial charge in [0.1, 0.15) is 0 Å². The van der Waals surface area contributed by atoms with E-state index in [1.807, 2.05) is 43.4 Å². The maximum absolute atomic E-state index is 6.08. The van der Waals surface area contributed by atoms with Crippen molar-refractivity contribution in [3.8, 4) is 0 Å². The smallest absolute Gasteiger partial charge is 0.0595 e. The van der Waals surface area contributed by atoms with Crippen molar-refractivity contribution in [1.29, 1.82) is 0 Å². The second-order valence-corrected chi connectivity index (χ2v) is 6.01. The van der Waals surface area contributed by atoms with E-state index in [1.165, 1.54) is 11.1 Å². The van der Waals surface area contributed by atoms with Crippen LogP contribution >= 0.6 is 34.8 Å². The van der Waals surface area contributed by atoms with Gasteiger partial charge in [-0.1, -0.05) is 53.0 Å². The fourth-order valence-electron chi connectivity index (χ4n) is 2.27. The van der Waals surface area contributed by atoms with Gasteiger partial charge in [0.2, 0.25) is 0 Å². The third kappa shape index (κ3) is 4.13. The van der Waals surface area contributed by atoms with Crippen molar-refractivity contribution < 1.29 is 0 Å². The van der Waals surface area contributed by atoms with Crippen LogP contribution in [0.1, 0.15) is 17.0 Å². The van der Waals surface area contributed by atoms with Crippen molar-refractivity contribution in [2.24, 2.45) is 0 Å². The molecule has 0 aliphatic heterocycles. The minimum Gasteiger partial charge on any atom is -0.319 e. The van der Waals surface area contributed by atoms with Crippen molar-refractivity contribution in [1.82, 2.24) is 5.32 Å². The molecule has 2 aromatic rings. The zero-order chi connectivity index (χ0) is 14.5. The van der Waals surface area contributed by atoms with Crippen molar-refractivity contribution in [2.45, 2.75) is 12.3 Å². The van der Waals surface area contributed by atoms with Crippen LogP contribution in [0.15, 0.2) is 42.5 Å². The summed E-state index contributed by atoms with van der Waals surface area (Å²) in [7, 11) is 1.95. The maximum atomic E-state index is 6.08. The third-order valence-corrected chi connectivity index (χ3v) is 4.21. The molecule has 0 aromatic heterocycles. The molecule has 2 aromatic carbocycles. The van der Waals surface area contributed by atoms with Gasteiger partial charge in [-0.05, 0) is 48.9 Å². The van der Waals surface area contributed by atoms with Crippen molar-refractivity contribution in [3.63, 3.8) is 0 Å². The summed E-state index contributed by atoms with van der Waals surface area (Å²) < 4.78 is 0. The average molecular weight is 329 g/mol. The lowest BCUT2D eigenvalue weighted by molar-refractivity contribution is 0.626. The van der Waals surface area contributed by atoms with E-state index in [4.69, 9.17) is 34.8 Å². The fourth-order valence-corrected chi connectivity index (χ4v) is 2.79. The van der Waals surface area contributed by atoms with Crippen molar-refractivity contribution in [2.75, 3.05) is 13.6 Å². The van der Waals surface area contributed by atoms with Gasteiger partial charge in [-0.25, -0.2) is 0 Å². The van der Waals surface area contributed by atoms with Crippen LogP contribution in [-0.2, 0) is 6.42 Å². The molecule has 0 saturated carbocycles. The predicted octanol–water partition coefficient (Wildman–Crippen LogP) is 5.19. The second kappa shape index (κ2) is 7.33. The van der Waals surface area contributed by atoms with Crippen LogP contribution in [-0.4, -0.2) is 13.6 Å². The van der Waals surface area contributed by atoms with Gasteiger partial charge in [0.15, 0.2) is 0 Å². The number of hydrogen-bond acceptors (Lipinski definition) is 1. The second-order valence-electron chi connectivity index (χ2n) is 4.76. The molecule has 0 aliphatic rings. The van der Waals surface area contributed by atoms with Crippen LogP contribution in [0, 0.1) is 0 Å². The van der Waals surface area contributed by atoms with E-state index in [0.717, 1.165) is 18.0 Å². The largest absolute Gasteiger partial charge is 0.319 e. The summed E-state index contributed by atoms with van der Waals surface area (Å²) in [6, 6.07) is 13.8. The highest BCUT2D eigenvalue weighted by atomic mass is 35.5. The predicted molar refractivity (Wildman–Crippen MR) is 88.3 cm³/mol. The van der Waals surface area contributed by atoms with Crippen LogP contribution in [0.4, 0.5) is 0 Å². The summed E-state index contributed by atoms with van der Waals surface area (Å²) in [6.07, 6.45) is 0.887. The average Bonchev–Trinajstić information content (AvgIpc) is 2.42. The molecule has 0 heterocycles. The Hall–Kier alpha value is -0.730. The molecule has 1 N–H and O–H groups in total. The number of likely N-dealkylation sites (N-methyl/N-ethyl adjacent to an activating group) is 1. The normalized spacial score (nSPS) is 12.4. The Morgan fingerprint density at radius 3 is 2.45 bits per heavy atom. The van der Waals surface area contributed by atoms with Crippen LogP contribution in [0.25, 0.3) is 0 Å². The molecule has 4 heteroatoms. The van der Waals surface area contributed by atoms with Gasteiger partial charge in [-0.2, -0.15) is 0 Å². The Labute approximate surface area is 134 Å². The van der Waals surface area contributed by atoms with Crippen molar-refractivity contribution in [3.05, 3.63) is 68.7 Å². The SMILES string of the molecule is CNCC(Cc1ccc(Cl)c(Cl)c1)c1cccc(Cl)c1. The Morgan fingerprint density at radius 1 is 1.00 bits per heavy atom. The van der Waals surface area contributed by atoms with Crippen LogP contribution in [0.2, 0.25) is 15.1 Å². The summed E-state index contributed by atoms with van der Waals surface area (Å²) >= 11 is 18.1. The Balaban J connectivity index is 2.22. The first-order valence-corrected chi connectivity index (χ1v) is 7.57. The van der Waals surface area contributed by atoms with E-state index in [0.29, 0.717) is 16.0 Å². The topological polar surface area (TPSA) is 12.0 Å². The molecule has 20 heavy (non-hydrogen) atoms. The molecular formula is C16H16Cl3N. The summed E-state index contributed by atoms with van der Waals surface area (Å²) in [5.41, 5.74) is 2.39. The number of hydrogen-bond donors (Lipinski definition) is 1. The standard InChI is InChI=1S/C16H16Cl3N/c1-20-10-13(12-3-2-4-14(17)9-12)7-11-5-6-15(18)16(19)8-11/h2-6,8-9,13,20H,7,10H2,1H3. The minimum absolute atomic E-state index is 0.343. The van der Waals surface area contributed by atoms with E-state index in [9.17, 15) is 0 Å². The zero-order valence-corrected chi connectivity index (χ0v) is 13.4. The molecule has 1 atom stereocenters. The highest BCUT2D eigenvalue weighted by Gasteiger charge is 2.13. The zero-order valence-electron chi connectivity index (χ0n) is 11.2. The van der Waals surface area contributed by atoms with E-state index in [-0.39, 0.29) is 0 Å². The molecule has 1 unspecified atom stereocenters. The summed E-state index contributed by atoms with van der Waals surface area (Å²) in [6.45, 7) is 0.876. The monoisotopic (exact) mass is 327 g/mol. The van der Waals surface area contributed by atoms with Crippen LogP contribution in [0.3, 0.4) is 0 Å². The van der Waals surface area contributed by atoms with Gasteiger partial charge in [0.05, 0.1) is 10.0 Å². The number of benzene rings is 2. The Kier molecular flexibility index (Phi) is 5.74. The summed E-state index contributed by atoms with van der Waals surface area (Å²) in [5.74, 6) is 0.343. The number of nitrogens with one attached hydrogen (secondary N) is 1. The third-order valence-electron chi connectivity index (χ3n) is 3.24. The lowest BCUT2D eigenvalue weighted by Gasteiger charge is -2.18. The van der Waals surface area contributed by atoms with Gasteiger partial charge >= 0.3 is 0 Å². The first-order valence-electron chi connectivity index (χ1n) is 6.44. The summed E-state index contributed by atoms with van der Waals surface area (Å²) in [5, 5.41) is 5.17. The summed E-state index contributed by atoms with van der Waals surface area (Å²) in [4.78, 5) is 0. The highest BCUT2D eigenvalue weighted by Crippen LogP contribution is 2.27. The van der Waals surface area contributed by atoms with Gasteiger partial charge in [0, 0.05) is 17.5 Å². The van der Waals surface area contributed by atoms with Gasteiger partial charge < -0.3 is 5.32 Å². The Bertz CT molecular complexity index is 584. The molecule has 0 amide bonds. The molecule has 0 spiro atoms. The Morgan fingerprint density at radius 2 is 1.80 bits per heavy atom.